The van der Waals surface area contributed by atoms with Crippen LogP contribution >= 0.6 is 11.3 Å². The fourth-order valence-electron chi connectivity index (χ4n) is 2.36. The molecular formula is C16H13NO3S. The second-order valence-corrected chi connectivity index (χ2v) is 5.61. The van der Waals surface area contributed by atoms with Crippen LogP contribution in [0.25, 0.3) is 16.3 Å². The van der Waals surface area contributed by atoms with E-state index in [4.69, 9.17) is 0 Å². The summed E-state index contributed by atoms with van der Waals surface area (Å²) in [6.07, 6.45) is 0. The van der Waals surface area contributed by atoms with E-state index in [1.165, 1.54) is 0 Å². The van der Waals surface area contributed by atoms with Crippen LogP contribution < -0.4 is 0 Å². The molecule has 0 saturated heterocycles. The predicted molar refractivity (Wildman–Crippen MR) is 82.4 cm³/mol. The molecule has 0 amide bonds. The first kappa shape index (κ1) is 13.5. The molecule has 0 unspecified atom stereocenters. The van der Waals surface area contributed by atoms with Gasteiger partial charge in [-0.25, -0.2) is 4.79 Å². The van der Waals surface area contributed by atoms with Gasteiger partial charge in [-0.3, -0.25) is 0 Å². The highest BCUT2D eigenvalue weighted by atomic mass is 32.1. The maximum atomic E-state index is 11.4. The van der Waals surface area contributed by atoms with E-state index in [-0.39, 0.29) is 11.3 Å². The highest BCUT2D eigenvalue weighted by Gasteiger charge is 2.19. The lowest BCUT2D eigenvalue weighted by atomic mass is 10.2. The molecule has 0 aliphatic rings. The van der Waals surface area contributed by atoms with Crippen LogP contribution in [0.15, 0.2) is 47.8 Å². The number of aromatic nitrogens is 1. The lowest BCUT2D eigenvalue weighted by molar-refractivity contribution is 0.0696. The number of phenolic OH excluding ortho intramolecular Hbond substituents is 1. The number of aromatic carboxylic acids is 1. The van der Waals surface area contributed by atoms with E-state index < -0.39 is 5.97 Å². The van der Waals surface area contributed by atoms with Gasteiger partial charge < -0.3 is 14.8 Å². The van der Waals surface area contributed by atoms with Crippen molar-refractivity contribution in [2.45, 2.75) is 6.92 Å². The molecule has 0 atom stereocenters. The van der Waals surface area contributed by atoms with Gasteiger partial charge in [-0.1, -0.05) is 6.07 Å². The number of nitrogens with zero attached hydrogens (tertiary/aromatic N) is 1. The largest absolute Gasteiger partial charge is 0.508 e. The van der Waals surface area contributed by atoms with Crippen molar-refractivity contribution in [2.24, 2.45) is 0 Å². The smallest absolute Gasteiger partial charge is 0.337 e. The van der Waals surface area contributed by atoms with E-state index in [2.05, 4.69) is 0 Å². The molecule has 0 bridgehead atoms. The fourth-order valence-corrected chi connectivity index (χ4v) is 3.10. The van der Waals surface area contributed by atoms with E-state index in [9.17, 15) is 15.0 Å². The Morgan fingerprint density at radius 2 is 1.90 bits per heavy atom. The van der Waals surface area contributed by atoms with Crippen LogP contribution in [0.5, 0.6) is 5.75 Å². The first-order valence-electron chi connectivity index (χ1n) is 6.37. The van der Waals surface area contributed by atoms with E-state index in [1.807, 2.05) is 22.1 Å². The molecule has 4 nitrogen and oxygen atoms in total. The Bertz CT molecular complexity index is 786. The Balaban J connectivity index is 2.26. The third-order valence-electron chi connectivity index (χ3n) is 3.36. The maximum Gasteiger partial charge on any atom is 0.337 e. The van der Waals surface area contributed by atoms with Gasteiger partial charge in [0.15, 0.2) is 0 Å². The van der Waals surface area contributed by atoms with Crippen LogP contribution in [0.1, 0.15) is 16.1 Å². The number of aromatic hydroxyl groups is 1. The third-order valence-corrected chi connectivity index (χ3v) is 4.25. The van der Waals surface area contributed by atoms with E-state index in [1.54, 1.807) is 48.6 Å². The number of carboxylic acid groups (broad SMARTS) is 1. The average molecular weight is 299 g/mol. The van der Waals surface area contributed by atoms with Gasteiger partial charge in [0, 0.05) is 11.4 Å². The fraction of sp³-hybridized carbons (Fsp3) is 0.0625. The quantitative estimate of drug-likeness (QED) is 0.770. The number of hydrogen-bond donors (Lipinski definition) is 2. The molecule has 2 N–H and O–H groups in total. The van der Waals surface area contributed by atoms with Crippen LogP contribution in [-0.4, -0.2) is 20.7 Å². The number of hydrogen-bond acceptors (Lipinski definition) is 3. The molecule has 0 aliphatic carbocycles. The van der Waals surface area contributed by atoms with E-state index >= 15 is 0 Å². The Kier molecular flexibility index (Phi) is 3.27. The molecule has 21 heavy (non-hydrogen) atoms. The molecule has 2 heterocycles. The Morgan fingerprint density at radius 3 is 2.48 bits per heavy atom. The molecule has 0 fully saturated rings. The minimum atomic E-state index is -0.942. The monoisotopic (exact) mass is 299 g/mol. The minimum Gasteiger partial charge on any atom is -0.508 e. The molecule has 3 aromatic rings. The van der Waals surface area contributed by atoms with Gasteiger partial charge in [-0.2, -0.15) is 0 Å². The summed E-state index contributed by atoms with van der Waals surface area (Å²) in [6, 6.07) is 12.3. The first-order chi connectivity index (χ1) is 10.1. The summed E-state index contributed by atoms with van der Waals surface area (Å²) in [5.74, 6) is -0.762. The van der Waals surface area contributed by atoms with E-state index in [0.29, 0.717) is 5.69 Å². The standard InChI is InChI=1S/C16H13NO3S/c1-10-13(16(19)20)9-14(15-3-2-8-21-15)17(10)11-4-6-12(18)7-5-11/h2-9,18H,1H3,(H,19,20). The van der Waals surface area contributed by atoms with Gasteiger partial charge >= 0.3 is 5.97 Å². The number of rotatable bonds is 3. The maximum absolute atomic E-state index is 11.4. The Morgan fingerprint density at radius 1 is 1.19 bits per heavy atom. The normalized spacial score (nSPS) is 10.7. The van der Waals surface area contributed by atoms with Crippen molar-refractivity contribution in [1.29, 1.82) is 0 Å². The van der Waals surface area contributed by atoms with Crippen molar-refractivity contribution in [3.8, 4) is 22.0 Å². The predicted octanol–water partition coefficient (Wildman–Crippen LogP) is 3.92. The lowest BCUT2D eigenvalue weighted by Gasteiger charge is -2.11. The molecule has 2 aromatic heterocycles. The van der Waals surface area contributed by atoms with Crippen LogP contribution in [0, 0.1) is 6.92 Å². The zero-order valence-electron chi connectivity index (χ0n) is 11.3. The highest BCUT2D eigenvalue weighted by Crippen LogP contribution is 2.32. The number of carbonyl (C=O) groups is 1. The molecule has 0 aliphatic heterocycles. The molecule has 5 heteroatoms. The minimum absolute atomic E-state index is 0.180. The Hall–Kier alpha value is -2.53. The average Bonchev–Trinajstić information content (AvgIpc) is 3.07. The van der Waals surface area contributed by atoms with Gasteiger partial charge in [-0.05, 0) is 48.7 Å². The third kappa shape index (κ3) is 2.32. The van der Waals surface area contributed by atoms with Crippen molar-refractivity contribution in [2.75, 3.05) is 0 Å². The van der Waals surface area contributed by atoms with Crippen LogP contribution in [0.3, 0.4) is 0 Å². The summed E-state index contributed by atoms with van der Waals surface area (Å²) < 4.78 is 1.90. The second-order valence-electron chi connectivity index (χ2n) is 4.66. The number of carboxylic acids is 1. The van der Waals surface area contributed by atoms with Crippen LogP contribution in [-0.2, 0) is 0 Å². The summed E-state index contributed by atoms with van der Waals surface area (Å²) in [6.45, 7) is 1.79. The molecular weight excluding hydrogens is 286 g/mol. The zero-order valence-corrected chi connectivity index (χ0v) is 12.1. The van der Waals surface area contributed by atoms with Crippen LogP contribution in [0.2, 0.25) is 0 Å². The second kappa shape index (κ2) is 5.10. The van der Waals surface area contributed by atoms with Gasteiger partial charge in [0.1, 0.15) is 5.75 Å². The highest BCUT2D eigenvalue weighted by molar-refractivity contribution is 7.13. The van der Waals surface area contributed by atoms with Crippen LogP contribution in [0.4, 0.5) is 0 Å². The van der Waals surface area contributed by atoms with Crippen molar-refractivity contribution in [1.82, 2.24) is 4.57 Å². The van der Waals surface area contributed by atoms with Gasteiger partial charge in [0.2, 0.25) is 0 Å². The van der Waals surface area contributed by atoms with Gasteiger partial charge in [-0.15, -0.1) is 11.3 Å². The SMILES string of the molecule is Cc1c(C(=O)O)cc(-c2cccs2)n1-c1ccc(O)cc1. The van der Waals surface area contributed by atoms with Crippen molar-refractivity contribution < 1.29 is 15.0 Å². The van der Waals surface area contributed by atoms with E-state index in [0.717, 1.165) is 16.3 Å². The molecule has 106 valence electrons. The first-order valence-corrected chi connectivity index (χ1v) is 7.25. The lowest BCUT2D eigenvalue weighted by Crippen LogP contribution is -2.02. The number of phenols is 1. The number of benzene rings is 1. The van der Waals surface area contributed by atoms with Crippen molar-refractivity contribution >= 4 is 17.3 Å². The Labute approximate surface area is 125 Å². The van der Waals surface area contributed by atoms with Gasteiger partial charge in [0.05, 0.1) is 16.1 Å². The molecule has 0 radical (unpaired) electrons. The topological polar surface area (TPSA) is 62.5 Å². The van der Waals surface area contributed by atoms with Gasteiger partial charge in [0.25, 0.3) is 0 Å². The van der Waals surface area contributed by atoms with Crippen molar-refractivity contribution in [3.05, 3.63) is 59.1 Å². The van der Waals surface area contributed by atoms with Crippen molar-refractivity contribution in [3.63, 3.8) is 0 Å². The summed E-state index contributed by atoms with van der Waals surface area (Å²) in [5.41, 5.74) is 2.61. The summed E-state index contributed by atoms with van der Waals surface area (Å²) in [5, 5.41) is 20.7. The molecule has 1 aromatic carbocycles. The zero-order chi connectivity index (χ0) is 15.0. The molecule has 3 rings (SSSR count). The molecule has 0 spiro atoms. The molecule has 0 saturated carbocycles. The summed E-state index contributed by atoms with van der Waals surface area (Å²) in [4.78, 5) is 12.4. The summed E-state index contributed by atoms with van der Waals surface area (Å²) >= 11 is 1.56. The number of thiophene rings is 1. The summed E-state index contributed by atoms with van der Waals surface area (Å²) in [7, 11) is 0.